The molecule has 0 aliphatic rings. The van der Waals surface area contributed by atoms with Crippen molar-refractivity contribution in [1.29, 1.82) is 0 Å². The minimum absolute atomic E-state index is 0.429. The van der Waals surface area contributed by atoms with Crippen molar-refractivity contribution in [2.45, 2.75) is 12.5 Å². The van der Waals surface area contributed by atoms with Gasteiger partial charge in [-0.2, -0.15) is 0 Å². The Morgan fingerprint density at radius 1 is 1.38 bits per heavy atom. The molecular weight excluding hydrogens is 225 g/mol. The van der Waals surface area contributed by atoms with Crippen LogP contribution in [0.5, 0.6) is 0 Å². The fourth-order valence-electron chi connectivity index (χ4n) is 1.21. The molecule has 0 aliphatic carbocycles. The standard InChI is InChI=1S/C10H9F3O3/c1-16-9(15)4-8(14)10-6(12)2-5(11)3-7(10)13/h2-3,8,14H,4H2,1H3/t8-/m1/s1. The molecule has 1 aromatic carbocycles. The van der Waals surface area contributed by atoms with Crippen LogP contribution < -0.4 is 0 Å². The number of benzene rings is 1. The van der Waals surface area contributed by atoms with Gasteiger partial charge in [-0.05, 0) is 0 Å². The second kappa shape index (κ2) is 4.98. The van der Waals surface area contributed by atoms with E-state index >= 15 is 0 Å². The van der Waals surface area contributed by atoms with Gasteiger partial charge in [0.2, 0.25) is 0 Å². The summed E-state index contributed by atoms with van der Waals surface area (Å²) in [5.74, 6) is -4.40. The number of carbonyl (C=O) groups excluding carboxylic acids is 1. The lowest BCUT2D eigenvalue weighted by molar-refractivity contribution is -0.142. The maximum atomic E-state index is 13.1. The molecule has 88 valence electrons. The Balaban J connectivity index is 2.99. The van der Waals surface area contributed by atoms with E-state index in [4.69, 9.17) is 0 Å². The minimum atomic E-state index is -1.70. The molecule has 0 amide bonds. The van der Waals surface area contributed by atoms with Gasteiger partial charge in [0, 0.05) is 12.1 Å². The van der Waals surface area contributed by atoms with Crippen LogP contribution in [-0.2, 0) is 9.53 Å². The van der Waals surface area contributed by atoms with Gasteiger partial charge in [0.1, 0.15) is 17.5 Å². The SMILES string of the molecule is COC(=O)C[C@@H](O)c1c(F)cc(F)cc1F. The molecule has 0 bridgehead atoms. The highest BCUT2D eigenvalue weighted by atomic mass is 19.1. The van der Waals surface area contributed by atoms with E-state index in [9.17, 15) is 23.1 Å². The quantitative estimate of drug-likeness (QED) is 0.809. The second-order valence-electron chi connectivity index (χ2n) is 3.08. The number of carbonyl (C=O) groups is 1. The molecule has 1 atom stereocenters. The summed E-state index contributed by atoms with van der Waals surface area (Å²) in [6.45, 7) is 0. The monoisotopic (exact) mass is 234 g/mol. The Hall–Kier alpha value is -1.56. The summed E-state index contributed by atoms with van der Waals surface area (Å²) in [7, 11) is 1.08. The van der Waals surface area contributed by atoms with Crippen molar-refractivity contribution in [1.82, 2.24) is 0 Å². The van der Waals surface area contributed by atoms with E-state index in [1.165, 1.54) is 0 Å². The normalized spacial score (nSPS) is 12.3. The average molecular weight is 234 g/mol. The molecule has 0 heterocycles. The Morgan fingerprint density at radius 3 is 2.31 bits per heavy atom. The van der Waals surface area contributed by atoms with E-state index in [1.807, 2.05) is 0 Å². The van der Waals surface area contributed by atoms with Crippen molar-refractivity contribution in [2.75, 3.05) is 7.11 Å². The number of hydrogen-bond donors (Lipinski definition) is 1. The highest BCUT2D eigenvalue weighted by Gasteiger charge is 2.22. The molecule has 0 spiro atoms. The molecule has 16 heavy (non-hydrogen) atoms. The first-order valence-corrected chi connectivity index (χ1v) is 4.35. The van der Waals surface area contributed by atoms with Gasteiger partial charge >= 0.3 is 5.97 Å². The van der Waals surface area contributed by atoms with E-state index in [1.54, 1.807) is 0 Å². The summed E-state index contributed by atoms with van der Waals surface area (Å²) in [5, 5.41) is 9.37. The molecular formula is C10H9F3O3. The Kier molecular flexibility index (Phi) is 3.89. The molecule has 0 fully saturated rings. The minimum Gasteiger partial charge on any atom is -0.469 e. The van der Waals surface area contributed by atoms with E-state index < -0.39 is 41.5 Å². The van der Waals surface area contributed by atoms with Gasteiger partial charge in [-0.1, -0.05) is 0 Å². The van der Waals surface area contributed by atoms with Crippen molar-refractivity contribution < 1.29 is 27.8 Å². The van der Waals surface area contributed by atoms with E-state index in [2.05, 4.69) is 4.74 Å². The lowest BCUT2D eigenvalue weighted by Gasteiger charge is -2.11. The molecule has 0 saturated carbocycles. The lowest BCUT2D eigenvalue weighted by atomic mass is 10.1. The fraction of sp³-hybridized carbons (Fsp3) is 0.300. The van der Waals surface area contributed by atoms with E-state index in [0.717, 1.165) is 7.11 Å². The number of methoxy groups -OCH3 is 1. The van der Waals surface area contributed by atoms with Crippen LogP contribution in [0.1, 0.15) is 18.1 Å². The third-order valence-corrected chi connectivity index (χ3v) is 1.96. The van der Waals surface area contributed by atoms with Crippen LogP contribution in [-0.4, -0.2) is 18.2 Å². The summed E-state index contributed by atoms with van der Waals surface area (Å²) in [4.78, 5) is 10.8. The van der Waals surface area contributed by atoms with Gasteiger partial charge in [-0.15, -0.1) is 0 Å². The van der Waals surface area contributed by atoms with Crippen molar-refractivity contribution >= 4 is 5.97 Å². The zero-order valence-corrected chi connectivity index (χ0v) is 8.34. The summed E-state index contributed by atoms with van der Waals surface area (Å²) < 4.78 is 43.0. The predicted octanol–water partition coefficient (Wildman–Crippen LogP) is 1.70. The summed E-state index contributed by atoms with van der Waals surface area (Å²) >= 11 is 0. The topological polar surface area (TPSA) is 46.5 Å². The van der Waals surface area contributed by atoms with Crippen molar-refractivity contribution in [3.63, 3.8) is 0 Å². The van der Waals surface area contributed by atoms with Crippen LogP contribution >= 0.6 is 0 Å². The molecule has 1 aromatic rings. The molecule has 0 unspecified atom stereocenters. The van der Waals surface area contributed by atoms with Crippen molar-refractivity contribution in [3.05, 3.63) is 35.1 Å². The first-order chi connectivity index (χ1) is 7.45. The molecule has 0 saturated heterocycles. The number of aliphatic hydroxyl groups is 1. The number of rotatable bonds is 3. The third kappa shape index (κ3) is 2.73. The van der Waals surface area contributed by atoms with Crippen LogP contribution in [0.4, 0.5) is 13.2 Å². The van der Waals surface area contributed by atoms with E-state index in [-0.39, 0.29) is 0 Å². The number of esters is 1. The molecule has 6 heteroatoms. The highest BCUT2D eigenvalue weighted by molar-refractivity contribution is 5.70. The molecule has 0 aromatic heterocycles. The van der Waals surface area contributed by atoms with Crippen molar-refractivity contribution in [3.8, 4) is 0 Å². The lowest BCUT2D eigenvalue weighted by Crippen LogP contribution is -2.11. The van der Waals surface area contributed by atoms with Gasteiger partial charge in [-0.25, -0.2) is 13.2 Å². The van der Waals surface area contributed by atoms with Crippen molar-refractivity contribution in [2.24, 2.45) is 0 Å². The molecule has 0 aliphatic heterocycles. The van der Waals surface area contributed by atoms with Crippen LogP contribution in [0.2, 0.25) is 0 Å². The smallest absolute Gasteiger partial charge is 0.308 e. The van der Waals surface area contributed by atoms with Gasteiger partial charge in [-0.3, -0.25) is 4.79 Å². The summed E-state index contributed by atoms with van der Waals surface area (Å²) in [6.07, 6.45) is -2.30. The van der Waals surface area contributed by atoms with Gasteiger partial charge in [0.15, 0.2) is 0 Å². The second-order valence-corrected chi connectivity index (χ2v) is 3.08. The molecule has 0 radical (unpaired) electrons. The van der Waals surface area contributed by atoms with Crippen LogP contribution in [0, 0.1) is 17.5 Å². The molecule has 1 rings (SSSR count). The Bertz CT molecular complexity index is 383. The maximum Gasteiger partial charge on any atom is 0.308 e. The molecule has 3 nitrogen and oxygen atoms in total. The highest BCUT2D eigenvalue weighted by Crippen LogP contribution is 2.24. The molecule has 1 N–H and O–H groups in total. The van der Waals surface area contributed by atoms with Gasteiger partial charge in [0.25, 0.3) is 0 Å². The third-order valence-electron chi connectivity index (χ3n) is 1.96. The zero-order chi connectivity index (χ0) is 12.3. The Morgan fingerprint density at radius 2 is 1.88 bits per heavy atom. The predicted molar refractivity (Wildman–Crippen MR) is 47.9 cm³/mol. The van der Waals surface area contributed by atoms with Crippen LogP contribution in [0.15, 0.2) is 12.1 Å². The first-order valence-electron chi connectivity index (χ1n) is 4.35. The van der Waals surface area contributed by atoms with Crippen LogP contribution in [0.25, 0.3) is 0 Å². The number of halogens is 3. The number of aliphatic hydroxyl groups excluding tert-OH is 1. The summed E-state index contributed by atoms with van der Waals surface area (Å²) in [5.41, 5.74) is -0.744. The summed E-state index contributed by atoms with van der Waals surface area (Å²) in [6, 6.07) is 0.859. The maximum absolute atomic E-state index is 13.1. The Labute approximate surface area is 89.5 Å². The fourth-order valence-corrected chi connectivity index (χ4v) is 1.21. The van der Waals surface area contributed by atoms with Crippen LogP contribution in [0.3, 0.4) is 0 Å². The van der Waals surface area contributed by atoms with Gasteiger partial charge in [0.05, 0.1) is 25.2 Å². The average Bonchev–Trinajstić information content (AvgIpc) is 2.15. The first kappa shape index (κ1) is 12.5. The number of ether oxygens (including phenoxy) is 1. The van der Waals surface area contributed by atoms with Gasteiger partial charge < -0.3 is 9.84 Å². The largest absolute Gasteiger partial charge is 0.469 e. The zero-order valence-electron chi connectivity index (χ0n) is 8.34. The van der Waals surface area contributed by atoms with E-state index in [0.29, 0.717) is 12.1 Å². The number of hydrogen-bond acceptors (Lipinski definition) is 3.